The number of hydrogen-bond acceptors (Lipinski definition) is 7. The lowest BCUT2D eigenvalue weighted by Gasteiger charge is -2.23. The molecule has 9 heteroatoms. The Morgan fingerprint density at radius 3 is 2.50 bits per heavy atom. The Morgan fingerprint density at radius 2 is 2.05 bits per heavy atom. The second-order valence-electron chi connectivity index (χ2n) is 4.65. The van der Waals surface area contributed by atoms with E-state index in [1.165, 1.54) is 20.3 Å². The molecule has 0 saturated heterocycles. The van der Waals surface area contributed by atoms with Gasteiger partial charge in [-0.25, -0.2) is 17.9 Å². The molecular weight excluding hydrogens is 304 g/mol. The van der Waals surface area contributed by atoms with E-state index in [1.807, 2.05) is 0 Å². The highest BCUT2D eigenvalue weighted by molar-refractivity contribution is 7.91. The van der Waals surface area contributed by atoms with Crippen molar-refractivity contribution in [2.45, 2.75) is 23.6 Å². The van der Waals surface area contributed by atoms with E-state index >= 15 is 0 Å². The van der Waals surface area contributed by atoms with Crippen LogP contribution >= 0.6 is 11.3 Å². The Morgan fingerprint density at radius 1 is 1.45 bits per heavy atom. The van der Waals surface area contributed by atoms with E-state index in [2.05, 4.69) is 9.46 Å². The second-order valence-corrected chi connectivity index (χ2v) is 7.58. The van der Waals surface area contributed by atoms with Gasteiger partial charge >= 0.3 is 5.97 Å². The third-order valence-corrected chi connectivity index (χ3v) is 5.75. The van der Waals surface area contributed by atoms with Crippen LogP contribution in [0.5, 0.6) is 5.75 Å². The van der Waals surface area contributed by atoms with Crippen LogP contribution in [0.1, 0.15) is 23.5 Å². The number of rotatable bonds is 6. The highest BCUT2D eigenvalue weighted by Crippen LogP contribution is 2.34. The summed E-state index contributed by atoms with van der Waals surface area (Å²) < 4.78 is 36.6. The third kappa shape index (κ3) is 3.69. The summed E-state index contributed by atoms with van der Waals surface area (Å²) in [6.07, 6.45) is 0. The van der Waals surface area contributed by atoms with Crippen molar-refractivity contribution in [3.05, 3.63) is 10.9 Å². The summed E-state index contributed by atoms with van der Waals surface area (Å²) in [7, 11) is -1.29. The number of nitrogens with one attached hydrogen (secondary N) is 1. The molecule has 0 atom stereocenters. The number of carbonyl (C=O) groups is 1. The Hall–Kier alpha value is -1.16. The van der Waals surface area contributed by atoms with Gasteiger partial charge in [0.05, 0.1) is 14.2 Å². The number of hydrogen-bond donors (Lipinski definition) is 2. The number of thiophene rings is 1. The van der Waals surface area contributed by atoms with Gasteiger partial charge in [0.15, 0.2) is 9.96 Å². The smallest absolute Gasteiger partial charge is 0.348 e. The standard InChI is InChI=1S/C11H18N2O5S2/c1-11(2,6-12)13-20(15,16)10-7(17-3)5-8(19-10)9(14)18-4/h5,13H,6,12H2,1-4H3. The molecule has 0 aliphatic rings. The Kier molecular flexibility index (Phi) is 5.14. The summed E-state index contributed by atoms with van der Waals surface area (Å²) >= 11 is 0.784. The van der Waals surface area contributed by atoms with Gasteiger partial charge < -0.3 is 15.2 Å². The molecule has 0 saturated carbocycles. The zero-order valence-corrected chi connectivity index (χ0v) is 13.4. The maximum absolute atomic E-state index is 12.3. The van der Waals surface area contributed by atoms with Crippen molar-refractivity contribution in [3.8, 4) is 5.75 Å². The molecule has 0 aliphatic heterocycles. The second kappa shape index (κ2) is 6.08. The van der Waals surface area contributed by atoms with E-state index in [-0.39, 0.29) is 21.4 Å². The van der Waals surface area contributed by atoms with Crippen molar-refractivity contribution in [1.29, 1.82) is 0 Å². The molecule has 0 aromatic carbocycles. The normalized spacial score (nSPS) is 12.2. The molecule has 7 nitrogen and oxygen atoms in total. The van der Waals surface area contributed by atoms with Gasteiger partial charge in [-0.05, 0) is 13.8 Å². The molecule has 114 valence electrons. The molecule has 1 aromatic rings. The van der Waals surface area contributed by atoms with Crippen LogP contribution in [0.15, 0.2) is 10.3 Å². The van der Waals surface area contributed by atoms with Gasteiger partial charge in [0.25, 0.3) is 10.0 Å². The lowest BCUT2D eigenvalue weighted by Crippen LogP contribution is -2.48. The first-order valence-corrected chi connectivity index (χ1v) is 7.97. The number of ether oxygens (including phenoxy) is 2. The van der Waals surface area contributed by atoms with Crippen molar-refractivity contribution in [2.24, 2.45) is 5.73 Å². The molecule has 0 aliphatic carbocycles. The van der Waals surface area contributed by atoms with E-state index in [9.17, 15) is 13.2 Å². The molecule has 0 amide bonds. The van der Waals surface area contributed by atoms with Crippen molar-refractivity contribution < 1.29 is 22.7 Å². The Balaban J connectivity index is 3.24. The highest BCUT2D eigenvalue weighted by atomic mass is 32.2. The van der Waals surface area contributed by atoms with E-state index in [1.54, 1.807) is 13.8 Å². The first kappa shape index (κ1) is 16.9. The van der Waals surface area contributed by atoms with Crippen LogP contribution in [0.2, 0.25) is 0 Å². The summed E-state index contributed by atoms with van der Waals surface area (Å²) in [6, 6.07) is 1.33. The maximum Gasteiger partial charge on any atom is 0.348 e. The fourth-order valence-corrected chi connectivity index (χ4v) is 4.26. The van der Waals surface area contributed by atoms with Crippen LogP contribution in [0.4, 0.5) is 0 Å². The molecule has 0 bridgehead atoms. The zero-order valence-electron chi connectivity index (χ0n) is 11.7. The minimum atomic E-state index is -3.84. The Bertz CT molecular complexity index is 592. The Labute approximate surface area is 122 Å². The number of nitrogens with two attached hydrogens (primary N) is 1. The summed E-state index contributed by atoms with van der Waals surface area (Å²) in [5.41, 5.74) is 4.70. The number of sulfonamides is 1. The molecule has 0 spiro atoms. The molecule has 3 N–H and O–H groups in total. The van der Waals surface area contributed by atoms with Gasteiger partial charge in [-0.2, -0.15) is 0 Å². The summed E-state index contributed by atoms with van der Waals surface area (Å²) in [4.78, 5) is 11.6. The van der Waals surface area contributed by atoms with E-state index < -0.39 is 21.5 Å². The van der Waals surface area contributed by atoms with E-state index in [0.29, 0.717) is 0 Å². The van der Waals surface area contributed by atoms with Crippen molar-refractivity contribution >= 4 is 27.3 Å². The fourth-order valence-electron chi connectivity index (χ4n) is 1.34. The van der Waals surface area contributed by atoms with Crippen LogP contribution in [0.25, 0.3) is 0 Å². The molecule has 0 fully saturated rings. The van der Waals surface area contributed by atoms with Crippen LogP contribution in [0.3, 0.4) is 0 Å². The number of methoxy groups -OCH3 is 2. The lowest BCUT2D eigenvalue weighted by atomic mass is 10.1. The van der Waals surface area contributed by atoms with E-state index in [0.717, 1.165) is 11.3 Å². The van der Waals surface area contributed by atoms with Gasteiger partial charge in [0.1, 0.15) is 4.88 Å². The zero-order chi connectivity index (χ0) is 15.6. The van der Waals surface area contributed by atoms with E-state index in [4.69, 9.17) is 10.5 Å². The largest absolute Gasteiger partial charge is 0.494 e. The van der Waals surface area contributed by atoms with Gasteiger partial charge in [-0.3, -0.25) is 0 Å². The average molecular weight is 322 g/mol. The van der Waals surface area contributed by atoms with Crippen molar-refractivity contribution in [2.75, 3.05) is 20.8 Å². The molecule has 0 unspecified atom stereocenters. The van der Waals surface area contributed by atoms with Crippen LogP contribution in [-0.4, -0.2) is 40.7 Å². The molecule has 0 radical (unpaired) electrons. The van der Waals surface area contributed by atoms with Gasteiger partial charge in [0.2, 0.25) is 0 Å². The SMILES string of the molecule is COC(=O)c1cc(OC)c(S(=O)(=O)NC(C)(C)CN)s1. The third-order valence-electron chi connectivity index (χ3n) is 2.44. The predicted molar refractivity (Wildman–Crippen MR) is 75.7 cm³/mol. The van der Waals surface area contributed by atoms with Crippen LogP contribution in [-0.2, 0) is 14.8 Å². The van der Waals surface area contributed by atoms with Crippen LogP contribution < -0.4 is 15.2 Å². The highest BCUT2D eigenvalue weighted by Gasteiger charge is 2.30. The van der Waals surface area contributed by atoms with Crippen molar-refractivity contribution in [1.82, 2.24) is 4.72 Å². The monoisotopic (exact) mass is 322 g/mol. The van der Waals surface area contributed by atoms with Crippen LogP contribution in [0, 0.1) is 0 Å². The minimum Gasteiger partial charge on any atom is -0.494 e. The molecule has 1 heterocycles. The van der Waals surface area contributed by atoms with Gasteiger partial charge in [-0.15, -0.1) is 11.3 Å². The average Bonchev–Trinajstić information content (AvgIpc) is 2.81. The topological polar surface area (TPSA) is 108 Å². The first-order valence-electron chi connectivity index (χ1n) is 5.67. The molecule has 20 heavy (non-hydrogen) atoms. The van der Waals surface area contributed by atoms with Crippen molar-refractivity contribution in [3.63, 3.8) is 0 Å². The molecule has 1 aromatic heterocycles. The predicted octanol–water partition coefficient (Wildman–Crippen LogP) is 0.559. The molecule has 1 rings (SSSR count). The lowest BCUT2D eigenvalue weighted by molar-refractivity contribution is 0.0606. The summed E-state index contributed by atoms with van der Waals surface area (Å²) in [6.45, 7) is 3.45. The molecular formula is C11H18N2O5S2. The van der Waals surface area contributed by atoms with Gasteiger partial charge in [-0.1, -0.05) is 0 Å². The fraction of sp³-hybridized carbons (Fsp3) is 0.545. The maximum atomic E-state index is 12.3. The quantitative estimate of drug-likeness (QED) is 0.741. The summed E-state index contributed by atoms with van der Waals surface area (Å²) in [5.74, 6) is -0.524. The first-order chi connectivity index (χ1) is 9.16. The number of carbonyl (C=O) groups excluding carboxylic acids is 1. The number of esters is 1. The van der Waals surface area contributed by atoms with Gasteiger partial charge in [0, 0.05) is 18.2 Å². The minimum absolute atomic E-state index is 0.0816. The summed E-state index contributed by atoms with van der Waals surface area (Å²) in [5, 5.41) is 0.